The van der Waals surface area contributed by atoms with Gasteiger partial charge >= 0.3 is 0 Å². The molecule has 0 unspecified atom stereocenters. The lowest BCUT2D eigenvalue weighted by Crippen LogP contribution is -2.20. The number of nitrogens with zero attached hydrogens (tertiary/aromatic N) is 5. The van der Waals surface area contributed by atoms with Gasteiger partial charge in [-0.1, -0.05) is 0 Å². The molecule has 7 rings (SSSR count). The number of pyridine rings is 3. The summed E-state index contributed by atoms with van der Waals surface area (Å²) in [6.07, 6.45) is 8.74. The Morgan fingerprint density at radius 3 is 2.63 bits per heavy atom. The van der Waals surface area contributed by atoms with Gasteiger partial charge in [-0.3, -0.25) is 14.9 Å². The number of amides is 1. The number of carbonyl (C=O) groups excluding carboxylic acids is 1. The molecule has 0 saturated heterocycles. The minimum absolute atomic E-state index is 0.0338. The van der Waals surface area contributed by atoms with Crippen LogP contribution in [0.1, 0.15) is 12.8 Å². The van der Waals surface area contributed by atoms with E-state index < -0.39 is 0 Å². The van der Waals surface area contributed by atoms with Gasteiger partial charge in [0.1, 0.15) is 17.2 Å². The van der Waals surface area contributed by atoms with Gasteiger partial charge in [-0.05, 0) is 80.5 Å². The number of rotatable bonds is 9. The molecule has 1 fully saturated rings. The number of likely N-dealkylation sites (N-methyl/N-ethyl adjacent to an activating group) is 1. The Morgan fingerprint density at radius 2 is 1.79 bits per heavy atom. The van der Waals surface area contributed by atoms with Crippen LogP contribution in [0.5, 0.6) is 0 Å². The first-order valence-corrected chi connectivity index (χ1v) is 14.2. The molecule has 5 heterocycles. The fourth-order valence-electron chi connectivity index (χ4n) is 5.20. The summed E-state index contributed by atoms with van der Waals surface area (Å²) in [5.41, 5.74) is 7.40. The highest BCUT2D eigenvalue weighted by atomic mass is 19.1. The standard InChI is InChI=1S/C32H30FN9O/c1-42(2)8-7-35-23-10-19(9-22(33)13-23)25-5-6-36-30-26(25)14-28(39-30)29-27-12-21(16-37-31(27)41-40-29)20-11-24(17-34-15-20)38-32(43)18-3-4-18/h5-6,9-18,35H,3-4,7-8H2,1-2H3,(H,36,39)(H,38,43)(H,37,40,41). The maximum atomic E-state index is 14.7. The van der Waals surface area contributed by atoms with E-state index in [1.165, 1.54) is 12.1 Å². The SMILES string of the molecule is CN(C)CCNc1cc(F)cc(-c2ccnc3[nH]c(-c4n[nH]c5ncc(-c6cncc(NC(=O)C7CC7)c6)cc45)cc23)c1. The molecule has 6 aromatic rings. The highest BCUT2D eigenvalue weighted by Crippen LogP contribution is 2.35. The van der Waals surface area contributed by atoms with E-state index >= 15 is 0 Å². The van der Waals surface area contributed by atoms with E-state index in [0.717, 1.165) is 63.8 Å². The van der Waals surface area contributed by atoms with Crippen LogP contribution in [0.3, 0.4) is 0 Å². The number of aromatic amines is 2. The quantitative estimate of drug-likeness (QED) is 0.174. The molecule has 4 N–H and O–H groups in total. The third-order valence-electron chi connectivity index (χ3n) is 7.59. The van der Waals surface area contributed by atoms with Gasteiger partial charge in [0, 0.05) is 65.2 Å². The number of nitrogens with one attached hydrogen (secondary N) is 4. The van der Waals surface area contributed by atoms with Crippen molar-refractivity contribution in [3.63, 3.8) is 0 Å². The largest absolute Gasteiger partial charge is 0.384 e. The number of halogens is 1. The van der Waals surface area contributed by atoms with E-state index in [1.54, 1.807) is 24.8 Å². The number of benzene rings is 1. The topological polar surface area (TPSA) is 128 Å². The fraction of sp³-hybridized carbons (Fsp3) is 0.219. The van der Waals surface area contributed by atoms with Crippen molar-refractivity contribution in [2.24, 2.45) is 5.92 Å². The zero-order valence-corrected chi connectivity index (χ0v) is 23.8. The molecule has 1 aliphatic carbocycles. The summed E-state index contributed by atoms with van der Waals surface area (Å²) in [7, 11) is 4.00. The Hall–Kier alpha value is -5.16. The molecular formula is C32H30FN9O. The van der Waals surface area contributed by atoms with Crippen LogP contribution >= 0.6 is 0 Å². The third-order valence-corrected chi connectivity index (χ3v) is 7.59. The molecule has 1 aromatic carbocycles. The van der Waals surface area contributed by atoms with Crippen LogP contribution in [0, 0.1) is 11.7 Å². The first-order chi connectivity index (χ1) is 20.9. The Kier molecular flexibility index (Phi) is 6.78. The second-order valence-electron chi connectivity index (χ2n) is 11.2. The number of carbonyl (C=O) groups is 1. The van der Waals surface area contributed by atoms with Crippen molar-refractivity contribution < 1.29 is 9.18 Å². The van der Waals surface area contributed by atoms with Crippen molar-refractivity contribution in [3.05, 3.63) is 73.1 Å². The lowest BCUT2D eigenvalue weighted by molar-refractivity contribution is -0.117. The molecule has 0 bridgehead atoms. The summed E-state index contributed by atoms with van der Waals surface area (Å²) in [6, 6.07) is 12.8. The summed E-state index contributed by atoms with van der Waals surface area (Å²) in [6.45, 7) is 1.54. The van der Waals surface area contributed by atoms with Crippen LogP contribution in [0.2, 0.25) is 0 Å². The zero-order valence-electron chi connectivity index (χ0n) is 23.8. The van der Waals surface area contributed by atoms with Crippen molar-refractivity contribution >= 4 is 39.3 Å². The second-order valence-corrected chi connectivity index (χ2v) is 11.2. The Balaban J connectivity index is 1.23. The molecule has 0 spiro atoms. The van der Waals surface area contributed by atoms with Gasteiger partial charge in [-0.2, -0.15) is 5.10 Å². The summed E-state index contributed by atoms with van der Waals surface area (Å²) in [4.78, 5) is 31.2. The zero-order chi connectivity index (χ0) is 29.5. The van der Waals surface area contributed by atoms with Gasteiger partial charge < -0.3 is 20.5 Å². The molecule has 0 atom stereocenters. The molecular weight excluding hydrogens is 545 g/mol. The van der Waals surface area contributed by atoms with Crippen LogP contribution in [0.4, 0.5) is 15.8 Å². The second kappa shape index (κ2) is 10.9. The smallest absolute Gasteiger partial charge is 0.227 e. The predicted octanol–water partition coefficient (Wildman–Crippen LogP) is 5.69. The lowest BCUT2D eigenvalue weighted by atomic mass is 10.0. The maximum Gasteiger partial charge on any atom is 0.227 e. The number of fused-ring (bicyclic) bond motifs is 2. The number of hydrogen-bond donors (Lipinski definition) is 4. The first-order valence-electron chi connectivity index (χ1n) is 14.2. The van der Waals surface area contributed by atoms with Crippen LogP contribution in [0.25, 0.3) is 55.7 Å². The van der Waals surface area contributed by atoms with Gasteiger partial charge in [0.25, 0.3) is 0 Å². The van der Waals surface area contributed by atoms with Crippen molar-refractivity contribution in [1.82, 2.24) is 35.0 Å². The molecule has 5 aromatic heterocycles. The first kappa shape index (κ1) is 26.7. The van der Waals surface area contributed by atoms with Crippen molar-refractivity contribution in [3.8, 4) is 33.6 Å². The summed E-state index contributed by atoms with van der Waals surface area (Å²) < 4.78 is 14.7. The van der Waals surface area contributed by atoms with Crippen LogP contribution < -0.4 is 10.6 Å². The van der Waals surface area contributed by atoms with E-state index in [-0.39, 0.29) is 17.6 Å². The summed E-state index contributed by atoms with van der Waals surface area (Å²) in [5.74, 6) is -0.172. The lowest BCUT2D eigenvalue weighted by Gasteiger charge is -2.13. The predicted molar refractivity (Wildman–Crippen MR) is 166 cm³/mol. The van der Waals surface area contributed by atoms with E-state index in [2.05, 4.69) is 45.7 Å². The van der Waals surface area contributed by atoms with E-state index in [9.17, 15) is 9.18 Å². The Morgan fingerprint density at radius 1 is 0.953 bits per heavy atom. The molecule has 1 amide bonds. The average molecular weight is 576 g/mol. The van der Waals surface area contributed by atoms with Crippen LogP contribution in [0.15, 0.2) is 67.3 Å². The van der Waals surface area contributed by atoms with Crippen LogP contribution in [-0.4, -0.2) is 68.1 Å². The number of hydrogen-bond acceptors (Lipinski definition) is 7. The minimum Gasteiger partial charge on any atom is -0.384 e. The van der Waals surface area contributed by atoms with Gasteiger partial charge in [-0.25, -0.2) is 14.4 Å². The van der Waals surface area contributed by atoms with Gasteiger partial charge in [0.05, 0.1) is 17.6 Å². The monoisotopic (exact) mass is 575 g/mol. The maximum absolute atomic E-state index is 14.7. The highest BCUT2D eigenvalue weighted by Gasteiger charge is 2.29. The molecule has 216 valence electrons. The molecule has 1 saturated carbocycles. The molecule has 1 aliphatic rings. The fourth-order valence-corrected chi connectivity index (χ4v) is 5.20. The molecule has 0 aliphatic heterocycles. The van der Waals surface area contributed by atoms with Gasteiger partial charge in [0.2, 0.25) is 5.91 Å². The minimum atomic E-state index is -0.312. The summed E-state index contributed by atoms with van der Waals surface area (Å²) in [5, 5.41) is 15.5. The third kappa shape index (κ3) is 5.54. The van der Waals surface area contributed by atoms with Crippen molar-refractivity contribution in [2.45, 2.75) is 12.8 Å². The van der Waals surface area contributed by atoms with Crippen LogP contribution in [-0.2, 0) is 4.79 Å². The summed E-state index contributed by atoms with van der Waals surface area (Å²) >= 11 is 0. The molecule has 0 radical (unpaired) electrons. The molecule has 11 heteroatoms. The van der Waals surface area contributed by atoms with Crippen molar-refractivity contribution in [1.29, 1.82) is 0 Å². The van der Waals surface area contributed by atoms with E-state index in [4.69, 9.17) is 0 Å². The van der Waals surface area contributed by atoms with E-state index in [0.29, 0.717) is 29.2 Å². The number of anilines is 2. The normalized spacial score (nSPS) is 13.2. The Bertz CT molecular complexity index is 1980. The average Bonchev–Trinajstić information content (AvgIpc) is 3.62. The molecule has 43 heavy (non-hydrogen) atoms. The van der Waals surface area contributed by atoms with Gasteiger partial charge in [-0.15, -0.1) is 0 Å². The molecule has 10 nitrogen and oxygen atoms in total. The Labute approximate surface area is 246 Å². The highest BCUT2D eigenvalue weighted by molar-refractivity contribution is 6.00. The number of aromatic nitrogens is 6. The van der Waals surface area contributed by atoms with Crippen molar-refractivity contribution in [2.75, 3.05) is 37.8 Å². The van der Waals surface area contributed by atoms with E-state index in [1.807, 2.05) is 44.4 Å². The number of H-pyrrole nitrogens is 2. The van der Waals surface area contributed by atoms with Gasteiger partial charge in [0.15, 0.2) is 5.65 Å².